The van der Waals surface area contributed by atoms with Crippen LogP contribution in [0.3, 0.4) is 0 Å². The summed E-state index contributed by atoms with van der Waals surface area (Å²) in [6.07, 6.45) is 28.0. The van der Waals surface area contributed by atoms with Gasteiger partial charge in [0.15, 0.2) is 10.1 Å². The first-order valence-corrected chi connectivity index (χ1v) is 12.7. The molecule has 0 amide bonds. The monoisotopic (exact) mass is 468 g/mol. The highest BCUT2D eigenvalue weighted by Crippen LogP contribution is 2.20. The highest BCUT2D eigenvalue weighted by atomic mass is 32.2. The summed E-state index contributed by atoms with van der Waals surface area (Å²) in [7, 11) is -6.09. The number of alkyl halides is 3. The van der Waals surface area contributed by atoms with Gasteiger partial charge in [0.1, 0.15) is 12.4 Å². The predicted octanol–water partition coefficient (Wildman–Crippen LogP) is 6.41. The molecule has 0 aliphatic carbocycles. The average molecular weight is 469 g/mol. The van der Waals surface area contributed by atoms with Crippen molar-refractivity contribution in [3.05, 3.63) is 25.3 Å². The maximum atomic E-state index is 10.7. The molecule has 182 valence electrons. The van der Waals surface area contributed by atoms with Crippen LogP contribution in [0.15, 0.2) is 25.3 Å². The van der Waals surface area contributed by atoms with Gasteiger partial charge < -0.3 is 4.55 Å². The van der Waals surface area contributed by atoms with E-state index >= 15 is 0 Å². The fourth-order valence-corrected chi connectivity index (χ4v) is 3.14. The minimum Gasteiger partial charge on any atom is -0.741 e. The van der Waals surface area contributed by atoms with Gasteiger partial charge in [-0.1, -0.05) is 90.6 Å². The molecular formula is C22H39F3N2O3S. The molecule has 0 spiro atoms. The van der Waals surface area contributed by atoms with E-state index in [1.807, 2.05) is 10.8 Å². The minimum absolute atomic E-state index is 1.14. The van der Waals surface area contributed by atoms with Crippen LogP contribution >= 0.6 is 0 Å². The second-order valence-electron chi connectivity index (χ2n) is 7.78. The van der Waals surface area contributed by atoms with E-state index in [4.69, 9.17) is 13.0 Å². The van der Waals surface area contributed by atoms with Gasteiger partial charge in [0.05, 0.1) is 12.7 Å². The summed E-state index contributed by atoms with van der Waals surface area (Å²) in [6, 6.07) is 0. The van der Waals surface area contributed by atoms with Crippen molar-refractivity contribution in [2.75, 3.05) is 0 Å². The Balaban J connectivity index is 0.000000954. The lowest BCUT2D eigenvalue weighted by molar-refractivity contribution is -0.696. The lowest BCUT2D eigenvalue weighted by atomic mass is 10.0. The Hall–Kier alpha value is -1.35. The number of aromatic nitrogens is 2. The molecule has 0 unspecified atom stereocenters. The number of halogens is 3. The van der Waals surface area contributed by atoms with Crippen LogP contribution in [0.4, 0.5) is 13.2 Å². The maximum absolute atomic E-state index is 10.7. The van der Waals surface area contributed by atoms with Crippen molar-refractivity contribution in [3.63, 3.8) is 0 Å². The Morgan fingerprint density at radius 2 is 1.29 bits per heavy atom. The molecule has 1 heterocycles. The Labute approximate surface area is 186 Å². The van der Waals surface area contributed by atoms with E-state index in [0.29, 0.717) is 0 Å². The summed E-state index contributed by atoms with van der Waals surface area (Å²) in [5.74, 6) is 0. The fourth-order valence-electron chi connectivity index (χ4n) is 3.14. The topological polar surface area (TPSA) is 66.0 Å². The van der Waals surface area contributed by atoms with Gasteiger partial charge in [0.2, 0.25) is 6.33 Å². The first kappa shape index (κ1) is 29.7. The molecule has 1 rings (SSSR count). The van der Waals surface area contributed by atoms with Crippen molar-refractivity contribution in [3.8, 4) is 0 Å². The van der Waals surface area contributed by atoms with Crippen LogP contribution in [0.25, 0.3) is 6.20 Å². The normalized spacial score (nSPS) is 11.8. The van der Waals surface area contributed by atoms with E-state index < -0.39 is 15.6 Å². The third-order valence-electron chi connectivity index (χ3n) is 4.98. The molecule has 0 saturated heterocycles. The number of imidazole rings is 1. The van der Waals surface area contributed by atoms with Gasteiger partial charge in [-0.15, -0.1) is 0 Å². The largest absolute Gasteiger partial charge is 0.741 e. The molecule has 31 heavy (non-hydrogen) atoms. The summed E-state index contributed by atoms with van der Waals surface area (Å²) in [6.45, 7) is 7.19. The zero-order chi connectivity index (χ0) is 23.6. The molecule has 0 atom stereocenters. The molecule has 5 nitrogen and oxygen atoms in total. The molecule has 0 saturated carbocycles. The van der Waals surface area contributed by atoms with Crippen molar-refractivity contribution in [2.45, 2.75) is 109 Å². The Morgan fingerprint density at radius 1 is 0.903 bits per heavy atom. The van der Waals surface area contributed by atoms with Crippen LogP contribution in [0, 0.1) is 0 Å². The molecule has 0 aliphatic heterocycles. The van der Waals surface area contributed by atoms with Crippen molar-refractivity contribution >= 4 is 16.3 Å². The molecule has 0 radical (unpaired) electrons. The molecule has 1 aromatic rings. The first-order chi connectivity index (χ1) is 14.6. The summed E-state index contributed by atoms with van der Waals surface area (Å²) in [5, 5.41) is 0. The second-order valence-corrected chi connectivity index (χ2v) is 9.15. The van der Waals surface area contributed by atoms with Gasteiger partial charge in [-0.2, -0.15) is 13.2 Å². The molecule has 1 aromatic heterocycles. The average Bonchev–Trinajstić information content (AvgIpc) is 3.15. The van der Waals surface area contributed by atoms with Gasteiger partial charge in [-0.25, -0.2) is 17.6 Å². The molecule has 0 bridgehead atoms. The summed E-state index contributed by atoms with van der Waals surface area (Å²) >= 11 is 0. The standard InChI is InChI=1S/C21H39N2.CHF3O3S/c1-3-5-6-7-8-9-10-11-12-13-14-15-16-17-18-23-20-19-22(4-2)21-23;2-1(3,4)8(5,6)7/h4,19-21H,2-3,5-18H2,1H3;(H,5,6,7)/q+1;/p-1. The number of unbranched alkanes of at least 4 members (excludes halogenated alkanes) is 13. The van der Waals surface area contributed by atoms with Gasteiger partial charge in [0.25, 0.3) is 0 Å². The van der Waals surface area contributed by atoms with E-state index in [1.165, 1.54) is 89.9 Å². The van der Waals surface area contributed by atoms with E-state index in [-0.39, 0.29) is 0 Å². The first-order valence-electron chi connectivity index (χ1n) is 11.3. The molecule has 0 fully saturated rings. The Kier molecular flexibility index (Phi) is 16.5. The molecule has 0 aliphatic rings. The highest BCUT2D eigenvalue weighted by Gasteiger charge is 2.36. The van der Waals surface area contributed by atoms with Gasteiger partial charge in [0, 0.05) is 0 Å². The number of rotatable bonds is 16. The van der Waals surface area contributed by atoms with Crippen LogP contribution < -0.4 is 4.57 Å². The van der Waals surface area contributed by atoms with Crippen LogP contribution in [0.5, 0.6) is 0 Å². The van der Waals surface area contributed by atoms with Crippen molar-refractivity contribution in [2.24, 2.45) is 0 Å². The zero-order valence-electron chi connectivity index (χ0n) is 18.8. The second kappa shape index (κ2) is 17.2. The van der Waals surface area contributed by atoms with E-state index in [1.54, 1.807) is 0 Å². The minimum atomic E-state index is -6.09. The van der Waals surface area contributed by atoms with E-state index in [9.17, 15) is 13.2 Å². The number of hydrogen-bond donors (Lipinski definition) is 0. The molecule has 9 heteroatoms. The van der Waals surface area contributed by atoms with Gasteiger partial charge >= 0.3 is 5.51 Å². The van der Waals surface area contributed by atoms with Crippen LogP contribution in [-0.4, -0.2) is 23.0 Å². The smallest absolute Gasteiger partial charge is 0.485 e. The van der Waals surface area contributed by atoms with Crippen molar-refractivity contribution in [1.29, 1.82) is 0 Å². The zero-order valence-corrected chi connectivity index (χ0v) is 19.6. The third kappa shape index (κ3) is 16.9. The van der Waals surface area contributed by atoms with Crippen LogP contribution in [0.1, 0.15) is 96.8 Å². The van der Waals surface area contributed by atoms with E-state index in [0.717, 1.165) is 6.54 Å². The lowest BCUT2D eigenvalue weighted by Gasteiger charge is -2.08. The predicted molar refractivity (Wildman–Crippen MR) is 117 cm³/mol. The summed E-state index contributed by atoms with van der Waals surface area (Å²) < 4.78 is 63.2. The molecule has 0 N–H and O–H groups in total. The van der Waals surface area contributed by atoms with Crippen molar-refractivity contribution in [1.82, 2.24) is 4.57 Å². The summed E-state index contributed by atoms with van der Waals surface area (Å²) in [5.41, 5.74) is -5.65. The van der Waals surface area contributed by atoms with E-state index in [2.05, 4.69) is 36.8 Å². The summed E-state index contributed by atoms with van der Waals surface area (Å²) in [4.78, 5) is 0. The molecular weight excluding hydrogens is 429 g/mol. The highest BCUT2D eigenvalue weighted by molar-refractivity contribution is 7.86. The lowest BCUT2D eigenvalue weighted by Crippen LogP contribution is -2.30. The Morgan fingerprint density at radius 3 is 1.61 bits per heavy atom. The van der Waals surface area contributed by atoms with Gasteiger partial charge in [-0.05, 0) is 12.8 Å². The van der Waals surface area contributed by atoms with Gasteiger partial charge in [-0.3, -0.25) is 0 Å². The fraction of sp³-hybridized carbons (Fsp3) is 0.773. The molecule has 0 aromatic carbocycles. The third-order valence-corrected chi connectivity index (χ3v) is 5.54. The van der Waals surface area contributed by atoms with Crippen molar-refractivity contribution < 1.29 is 30.7 Å². The number of aryl methyl sites for hydroxylation is 1. The van der Waals surface area contributed by atoms with Crippen LogP contribution in [0.2, 0.25) is 0 Å². The quantitative estimate of drug-likeness (QED) is 0.122. The van der Waals surface area contributed by atoms with Crippen LogP contribution in [-0.2, 0) is 16.7 Å². The maximum Gasteiger partial charge on any atom is 0.485 e. The number of hydrogen-bond acceptors (Lipinski definition) is 3. The SMILES string of the molecule is C=Cn1cc[n+](CCCCCCCCCCCCCCCC)c1.O=S(=O)([O-])C(F)(F)F. The Bertz CT molecular complexity index is 674. The number of nitrogens with zero attached hydrogens (tertiary/aromatic N) is 2.